The standard InChI is InChI=1S/C17H18F3N/c1-2-3-4-5-13-6-8-14(9-7-13)15-10-11-16(21-12-15)17(18,19)20/h6-12H,2-5H2,1H3. The molecule has 1 heterocycles. The van der Waals surface area contributed by atoms with Gasteiger partial charge in [-0.15, -0.1) is 0 Å². The van der Waals surface area contributed by atoms with Crippen molar-refractivity contribution in [2.45, 2.75) is 38.8 Å². The number of rotatable bonds is 5. The number of hydrogen-bond donors (Lipinski definition) is 0. The lowest BCUT2D eigenvalue weighted by atomic mass is 10.0. The molecule has 1 aromatic carbocycles. The zero-order valence-corrected chi connectivity index (χ0v) is 12.0. The first-order valence-corrected chi connectivity index (χ1v) is 7.13. The summed E-state index contributed by atoms with van der Waals surface area (Å²) in [6.07, 6.45) is 1.49. The minimum atomic E-state index is -4.39. The van der Waals surface area contributed by atoms with E-state index < -0.39 is 11.9 Å². The fraction of sp³-hybridized carbons (Fsp3) is 0.353. The van der Waals surface area contributed by atoms with Gasteiger partial charge in [0.25, 0.3) is 0 Å². The number of halogens is 3. The fourth-order valence-electron chi connectivity index (χ4n) is 2.18. The molecule has 0 N–H and O–H groups in total. The maximum atomic E-state index is 12.5. The summed E-state index contributed by atoms with van der Waals surface area (Å²) in [5.74, 6) is 0. The van der Waals surface area contributed by atoms with Crippen molar-refractivity contribution in [2.24, 2.45) is 0 Å². The molecule has 0 unspecified atom stereocenters. The van der Waals surface area contributed by atoms with Crippen LogP contribution in [0, 0.1) is 0 Å². The van der Waals surface area contributed by atoms with Gasteiger partial charge in [0.2, 0.25) is 0 Å². The Morgan fingerprint density at radius 1 is 0.905 bits per heavy atom. The smallest absolute Gasteiger partial charge is 0.251 e. The van der Waals surface area contributed by atoms with Gasteiger partial charge < -0.3 is 0 Å². The van der Waals surface area contributed by atoms with Gasteiger partial charge in [0.15, 0.2) is 0 Å². The molecule has 0 radical (unpaired) electrons. The number of benzene rings is 1. The van der Waals surface area contributed by atoms with E-state index in [0.29, 0.717) is 5.56 Å². The van der Waals surface area contributed by atoms with E-state index in [4.69, 9.17) is 0 Å². The van der Waals surface area contributed by atoms with Crippen LogP contribution in [-0.4, -0.2) is 4.98 Å². The molecule has 0 aliphatic carbocycles. The Kier molecular flexibility index (Phi) is 4.99. The molecule has 112 valence electrons. The molecule has 0 bridgehead atoms. The highest BCUT2D eigenvalue weighted by molar-refractivity contribution is 5.62. The van der Waals surface area contributed by atoms with Crippen LogP contribution in [0.15, 0.2) is 42.6 Å². The van der Waals surface area contributed by atoms with Crippen LogP contribution in [0.1, 0.15) is 37.4 Å². The van der Waals surface area contributed by atoms with Crippen LogP contribution in [0.25, 0.3) is 11.1 Å². The van der Waals surface area contributed by atoms with E-state index in [1.54, 1.807) is 0 Å². The third kappa shape index (κ3) is 4.31. The summed E-state index contributed by atoms with van der Waals surface area (Å²) in [5, 5.41) is 0. The summed E-state index contributed by atoms with van der Waals surface area (Å²) in [5.41, 5.74) is 1.98. The van der Waals surface area contributed by atoms with Crippen LogP contribution < -0.4 is 0 Å². The quantitative estimate of drug-likeness (QED) is 0.663. The van der Waals surface area contributed by atoms with E-state index >= 15 is 0 Å². The number of nitrogens with zero attached hydrogens (tertiary/aromatic N) is 1. The maximum Gasteiger partial charge on any atom is 0.433 e. The number of aryl methyl sites for hydroxylation is 1. The zero-order valence-electron chi connectivity index (χ0n) is 12.0. The molecule has 1 nitrogen and oxygen atoms in total. The molecule has 0 atom stereocenters. The molecule has 4 heteroatoms. The second kappa shape index (κ2) is 6.74. The topological polar surface area (TPSA) is 12.9 Å². The van der Waals surface area contributed by atoms with Gasteiger partial charge in [-0.1, -0.05) is 50.1 Å². The zero-order chi connectivity index (χ0) is 15.3. The number of hydrogen-bond acceptors (Lipinski definition) is 1. The van der Waals surface area contributed by atoms with Crippen LogP contribution in [0.3, 0.4) is 0 Å². The Morgan fingerprint density at radius 2 is 1.57 bits per heavy atom. The lowest BCUT2D eigenvalue weighted by molar-refractivity contribution is -0.141. The van der Waals surface area contributed by atoms with Crippen LogP contribution in [0.4, 0.5) is 13.2 Å². The summed E-state index contributed by atoms with van der Waals surface area (Å²) in [6, 6.07) is 10.4. The van der Waals surface area contributed by atoms with Crippen LogP contribution in [-0.2, 0) is 12.6 Å². The molecule has 2 aromatic rings. The highest BCUT2D eigenvalue weighted by Gasteiger charge is 2.31. The SMILES string of the molecule is CCCCCc1ccc(-c2ccc(C(F)(F)F)nc2)cc1. The van der Waals surface area contributed by atoms with Gasteiger partial charge in [0.05, 0.1) is 0 Å². The molecule has 0 saturated heterocycles. The number of pyridine rings is 1. The Balaban J connectivity index is 2.08. The predicted molar refractivity (Wildman–Crippen MR) is 77.9 cm³/mol. The van der Waals surface area contributed by atoms with Gasteiger partial charge >= 0.3 is 6.18 Å². The Morgan fingerprint density at radius 3 is 2.10 bits per heavy atom. The van der Waals surface area contributed by atoms with E-state index in [0.717, 1.165) is 24.5 Å². The normalized spacial score (nSPS) is 11.6. The van der Waals surface area contributed by atoms with Crippen molar-refractivity contribution in [3.8, 4) is 11.1 Å². The third-order valence-corrected chi connectivity index (χ3v) is 3.41. The molecule has 0 amide bonds. The largest absolute Gasteiger partial charge is 0.433 e. The Bertz CT molecular complexity index is 556. The van der Waals surface area contributed by atoms with E-state index in [1.165, 1.54) is 30.7 Å². The molecule has 2 rings (SSSR count). The monoisotopic (exact) mass is 293 g/mol. The Hall–Kier alpha value is -1.84. The average Bonchev–Trinajstić information content (AvgIpc) is 2.48. The van der Waals surface area contributed by atoms with E-state index in [9.17, 15) is 13.2 Å². The van der Waals surface area contributed by atoms with Crippen molar-refractivity contribution in [1.29, 1.82) is 0 Å². The number of alkyl halides is 3. The molecule has 21 heavy (non-hydrogen) atoms. The fourth-order valence-corrected chi connectivity index (χ4v) is 2.18. The first-order valence-electron chi connectivity index (χ1n) is 7.13. The Labute approximate surface area is 122 Å². The molecule has 0 aliphatic rings. The van der Waals surface area contributed by atoms with Gasteiger partial charge in [0.1, 0.15) is 5.69 Å². The first kappa shape index (κ1) is 15.5. The van der Waals surface area contributed by atoms with Gasteiger partial charge in [-0.05, 0) is 30.0 Å². The minimum Gasteiger partial charge on any atom is -0.251 e. The van der Waals surface area contributed by atoms with E-state index in [2.05, 4.69) is 11.9 Å². The predicted octanol–water partition coefficient (Wildman–Crippen LogP) is 5.50. The van der Waals surface area contributed by atoms with Crippen molar-refractivity contribution in [3.63, 3.8) is 0 Å². The summed E-state index contributed by atoms with van der Waals surface area (Å²) < 4.78 is 37.4. The minimum absolute atomic E-state index is 0.697. The lowest BCUT2D eigenvalue weighted by Crippen LogP contribution is -2.07. The molecule has 1 aromatic heterocycles. The third-order valence-electron chi connectivity index (χ3n) is 3.41. The molecular formula is C17H18F3N. The number of unbranched alkanes of at least 4 members (excludes halogenated alkanes) is 2. The van der Waals surface area contributed by atoms with E-state index in [1.807, 2.05) is 24.3 Å². The maximum absolute atomic E-state index is 12.5. The van der Waals surface area contributed by atoms with E-state index in [-0.39, 0.29) is 0 Å². The second-order valence-corrected chi connectivity index (χ2v) is 5.08. The summed E-state index contributed by atoms with van der Waals surface area (Å²) in [6.45, 7) is 2.17. The van der Waals surface area contributed by atoms with Crippen molar-refractivity contribution in [3.05, 3.63) is 53.9 Å². The molecule has 0 aliphatic heterocycles. The molecular weight excluding hydrogens is 275 g/mol. The average molecular weight is 293 g/mol. The first-order chi connectivity index (χ1) is 10.0. The number of aromatic nitrogens is 1. The van der Waals surface area contributed by atoms with Gasteiger partial charge in [0, 0.05) is 11.8 Å². The van der Waals surface area contributed by atoms with Crippen molar-refractivity contribution >= 4 is 0 Å². The van der Waals surface area contributed by atoms with Gasteiger partial charge in [-0.2, -0.15) is 13.2 Å². The second-order valence-electron chi connectivity index (χ2n) is 5.08. The summed E-state index contributed by atoms with van der Waals surface area (Å²) in [7, 11) is 0. The van der Waals surface area contributed by atoms with Gasteiger partial charge in [-0.3, -0.25) is 4.98 Å². The van der Waals surface area contributed by atoms with Crippen molar-refractivity contribution in [2.75, 3.05) is 0 Å². The molecule has 0 spiro atoms. The molecule has 0 fully saturated rings. The highest BCUT2D eigenvalue weighted by atomic mass is 19.4. The van der Waals surface area contributed by atoms with Crippen LogP contribution >= 0.6 is 0 Å². The van der Waals surface area contributed by atoms with Crippen LogP contribution in [0.5, 0.6) is 0 Å². The van der Waals surface area contributed by atoms with Gasteiger partial charge in [-0.25, -0.2) is 0 Å². The van der Waals surface area contributed by atoms with Crippen molar-refractivity contribution in [1.82, 2.24) is 4.98 Å². The molecule has 0 saturated carbocycles. The summed E-state index contributed by atoms with van der Waals surface area (Å²) in [4.78, 5) is 3.48. The van der Waals surface area contributed by atoms with Crippen molar-refractivity contribution < 1.29 is 13.2 Å². The van der Waals surface area contributed by atoms with Crippen LogP contribution in [0.2, 0.25) is 0 Å². The summed E-state index contributed by atoms with van der Waals surface area (Å²) >= 11 is 0. The highest BCUT2D eigenvalue weighted by Crippen LogP contribution is 2.29. The lowest BCUT2D eigenvalue weighted by Gasteiger charge is -2.07.